The van der Waals surface area contributed by atoms with E-state index in [1.54, 1.807) is 18.2 Å². The smallest absolute Gasteiger partial charge is 0.238 e. The van der Waals surface area contributed by atoms with Crippen LogP contribution in [0.4, 0.5) is 0 Å². The van der Waals surface area contributed by atoms with Crippen LogP contribution in [0.1, 0.15) is 18.7 Å². The van der Waals surface area contributed by atoms with Gasteiger partial charge in [0.2, 0.25) is 11.7 Å². The van der Waals surface area contributed by atoms with Crippen LogP contribution in [0.2, 0.25) is 10.0 Å². The second-order valence-corrected chi connectivity index (χ2v) is 6.50. The molecule has 2 atom stereocenters. The van der Waals surface area contributed by atoms with E-state index in [0.29, 0.717) is 47.1 Å². The Balaban J connectivity index is 1.72. The van der Waals surface area contributed by atoms with Crippen LogP contribution in [0.5, 0.6) is 0 Å². The van der Waals surface area contributed by atoms with Crippen molar-refractivity contribution in [2.75, 3.05) is 19.8 Å². The van der Waals surface area contributed by atoms with E-state index < -0.39 is 0 Å². The molecule has 2 unspecified atom stereocenters. The summed E-state index contributed by atoms with van der Waals surface area (Å²) in [6, 6.07) is 5.21. The fraction of sp³-hybridized carbons (Fsp3) is 0.467. The number of hydrogen-bond acceptors (Lipinski definition) is 5. The Hall–Kier alpha value is -1.14. The molecule has 0 saturated carbocycles. The highest BCUT2D eigenvalue weighted by molar-refractivity contribution is 6.36. The predicted octanol–water partition coefficient (Wildman–Crippen LogP) is 3.49. The molecular formula is C15H14Cl2N2O3. The van der Waals surface area contributed by atoms with Gasteiger partial charge < -0.3 is 14.0 Å². The van der Waals surface area contributed by atoms with Gasteiger partial charge in [-0.05, 0) is 31.0 Å². The van der Waals surface area contributed by atoms with Crippen LogP contribution in [0.15, 0.2) is 22.7 Å². The van der Waals surface area contributed by atoms with Crippen molar-refractivity contribution in [2.24, 2.45) is 0 Å². The molecule has 2 saturated heterocycles. The molecule has 0 bridgehead atoms. The number of nitrogens with zero attached hydrogens (tertiary/aromatic N) is 2. The van der Waals surface area contributed by atoms with Crippen molar-refractivity contribution in [1.29, 1.82) is 0 Å². The lowest BCUT2D eigenvalue weighted by atomic mass is 9.79. The van der Waals surface area contributed by atoms with E-state index in [-0.39, 0.29) is 11.5 Å². The van der Waals surface area contributed by atoms with Crippen LogP contribution in [-0.2, 0) is 14.9 Å². The number of aromatic nitrogens is 2. The van der Waals surface area contributed by atoms with E-state index in [1.807, 2.05) is 0 Å². The highest BCUT2D eigenvalue weighted by atomic mass is 35.5. The summed E-state index contributed by atoms with van der Waals surface area (Å²) in [5.74, 6) is 1.03. The van der Waals surface area contributed by atoms with Crippen molar-refractivity contribution in [3.05, 3.63) is 34.1 Å². The molecule has 0 spiro atoms. The molecule has 1 aromatic heterocycles. The molecule has 4 rings (SSSR count). The second kappa shape index (κ2) is 5.49. The van der Waals surface area contributed by atoms with E-state index in [0.717, 1.165) is 12.8 Å². The van der Waals surface area contributed by atoms with E-state index >= 15 is 0 Å². The minimum Gasteiger partial charge on any atom is -0.380 e. The Bertz CT molecular complexity index is 706. The molecule has 0 radical (unpaired) electrons. The molecule has 2 aliphatic heterocycles. The summed E-state index contributed by atoms with van der Waals surface area (Å²) in [7, 11) is 0. The number of fused-ring (bicyclic) bond motifs is 1. The van der Waals surface area contributed by atoms with Gasteiger partial charge in [-0.2, -0.15) is 4.98 Å². The fourth-order valence-electron chi connectivity index (χ4n) is 3.19. The average molecular weight is 341 g/mol. The number of ether oxygens (including phenoxy) is 2. The Morgan fingerprint density at radius 3 is 3.00 bits per heavy atom. The first-order chi connectivity index (χ1) is 10.7. The standard InChI is InChI=1S/C15H14Cl2N2O3/c16-9-1-2-10(11(17)7-9)13-18-14(22-19-13)15-4-6-21-12(15)3-5-20-8-15/h1-2,7,12H,3-6,8H2. The van der Waals surface area contributed by atoms with Gasteiger partial charge in [0.05, 0.1) is 17.7 Å². The maximum absolute atomic E-state index is 6.21. The van der Waals surface area contributed by atoms with Gasteiger partial charge in [-0.1, -0.05) is 28.4 Å². The van der Waals surface area contributed by atoms with Crippen LogP contribution >= 0.6 is 23.2 Å². The number of hydrogen-bond donors (Lipinski definition) is 0. The van der Waals surface area contributed by atoms with Gasteiger partial charge in [-0.25, -0.2) is 0 Å². The molecule has 2 fully saturated rings. The monoisotopic (exact) mass is 340 g/mol. The molecule has 2 aliphatic rings. The highest BCUT2D eigenvalue weighted by Gasteiger charge is 2.52. The molecule has 7 heteroatoms. The third kappa shape index (κ3) is 2.24. The van der Waals surface area contributed by atoms with Gasteiger partial charge in [0.1, 0.15) is 5.41 Å². The summed E-state index contributed by atoms with van der Waals surface area (Å²) in [6.45, 7) is 1.94. The first-order valence-electron chi connectivity index (χ1n) is 7.18. The molecule has 0 amide bonds. The minimum atomic E-state index is -0.331. The van der Waals surface area contributed by atoms with Crippen molar-refractivity contribution < 1.29 is 14.0 Å². The van der Waals surface area contributed by atoms with Gasteiger partial charge in [0.25, 0.3) is 0 Å². The number of halogens is 2. The lowest BCUT2D eigenvalue weighted by molar-refractivity contribution is -0.0474. The first kappa shape index (κ1) is 14.5. The molecule has 5 nitrogen and oxygen atoms in total. The second-order valence-electron chi connectivity index (χ2n) is 5.65. The van der Waals surface area contributed by atoms with Crippen molar-refractivity contribution in [2.45, 2.75) is 24.4 Å². The molecular weight excluding hydrogens is 327 g/mol. The third-order valence-corrected chi connectivity index (χ3v) is 4.94. The molecule has 3 heterocycles. The maximum Gasteiger partial charge on any atom is 0.238 e. The van der Waals surface area contributed by atoms with Gasteiger partial charge in [-0.3, -0.25) is 0 Å². The molecule has 116 valence electrons. The van der Waals surface area contributed by atoms with Crippen molar-refractivity contribution >= 4 is 23.2 Å². The quantitative estimate of drug-likeness (QED) is 0.837. The topological polar surface area (TPSA) is 57.4 Å². The first-order valence-corrected chi connectivity index (χ1v) is 7.94. The van der Waals surface area contributed by atoms with E-state index in [4.69, 9.17) is 37.2 Å². The molecule has 2 aromatic rings. The number of rotatable bonds is 2. The minimum absolute atomic E-state index is 0.0789. The summed E-state index contributed by atoms with van der Waals surface area (Å²) in [6.07, 6.45) is 1.75. The average Bonchev–Trinajstić information content (AvgIpc) is 3.14. The summed E-state index contributed by atoms with van der Waals surface area (Å²) in [5, 5.41) is 5.15. The van der Waals surface area contributed by atoms with Gasteiger partial charge >= 0.3 is 0 Å². The van der Waals surface area contributed by atoms with Crippen LogP contribution in [-0.4, -0.2) is 36.1 Å². The van der Waals surface area contributed by atoms with Crippen molar-refractivity contribution in [1.82, 2.24) is 10.1 Å². The normalized spacial score (nSPS) is 27.8. The zero-order chi connectivity index (χ0) is 15.2. The van der Waals surface area contributed by atoms with Crippen molar-refractivity contribution in [3.63, 3.8) is 0 Å². The maximum atomic E-state index is 6.21. The molecule has 1 aromatic carbocycles. The van der Waals surface area contributed by atoms with Crippen molar-refractivity contribution in [3.8, 4) is 11.4 Å². The summed E-state index contributed by atoms with van der Waals surface area (Å²) < 4.78 is 17.0. The number of benzene rings is 1. The van der Waals surface area contributed by atoms with E-state index in [1.165, 1.54) is 0 Å². The van der Waals surface area contributed by atoms with Gasteiger partial charge in [0.15, 0.2) is 0 Å². The molecule has 22 heavy (non-hydrogen) atoms. The lowest BCUT2D eigenvalue weighted by Crippen LogP contribution is -2.44. The summed E-state index contributed by atoms with van der Waals surface area (Å²) in [5.41, 5.74) is 0.368. The van der Waals surface area contributed by atoms with E-state index in [2.05, 4.69) is 10.1 Å². The van der Waals surface area contributed by atoms with Gasteiger partial charge in [-0.15, -0.1) is 0 Å². The lowest BCUT2D eigenvalue weighted by Gasteiger charge is -2.34. The van der Waals surface area contributed by atoms with E-state index in [9.17, 15) is 0 Å². The Labute approximate surface area is 137 Å². The zero-order valence-corrected chi connectivity index (χ0v) is 13.2. The highest BCUT2D eigenvalue weighted by Crippen LogP contribution is 2.42. The fourth-order valence-corrected chi connectivity index (χ4v) is 3.68. The molecule has 0 N–H and O–H groups in total. The van der Waals surface area contributed by atoms with Crippen LogP contribution in [0.25, 0.3) is 11.4 Å². The van der Waals surface area contributed by atoms with Crippen LogP contribution in [0, 0.1) is 0 Å². The summed E-state index contributed by atoms with van der Waals surface area (Å²) in [4.78, 5) is 4.56. The third-order valence-electron chi connectivity index (χ3n) is 4.39. The Kier molecular flexibility index (Phi) is 3.61. The predicted molar refractivity (Wildman–Crippen MR) is 81.2 cm³/mol. The van der Waals surface area contributed by atoms with Gasteiger partial charge in [0, 0.05) is 23.8 Å². The largest absolute Gasteiger partial charge is 0.380 e. The van der Waals surface area contributed by atoms with Crippen LogP contribution < -0.4 is 0 Å². The summed E-state index contributed by atoms with van der Waals surface area (Å²) >= 11 is 12.1. The Morgan fingerprint density at radius 2 is 2.14 bits per heavy atom. The SMILES string of the molecule is Clc1ccc(-c2noc(C34CCOC3CCOC4)n2)c(Cl)c1. The zero-order valence-electron chi connectivity index (χ0n) is 11.7. The van der Waals surface area contributed by atoms with Crippen LogP contribution in [0.3, 0.4) is 0 Å². The Morgan fingerprint density at radius 1 is 1.23 bits per heavy atom. The molecule has 0 aliphatic carbocycles.